The van der Waals surface area contributed by atoms with Gasteiger partial charge in [0.15, 0.2) is 4.34 Å². The summed E-state index contributed by atoms with van der Waals surface area (Å²) in [6.07, 6.45) is 0. The summed E-state index contributed by atoms with van der Waals surface area (Å²) in [4.78, 5) is 14.4. The highest BCUT2D eigenvalue weighted by molar-refractivity contribution is 8.01. The summed E-state index contributed by atoms with van der Waals surface area (Å²) < 4.78 is 0.822. The summed E-state index contributed by atoms with van der Waals surface area (Å²) in [6, 6.07) is 14.2. The molecule has 22 heavy (non-hydrogen) atoms. The first-order chi connectivity index (χ1) is 10.8. The van der Waals surface area contributed by atoms with Gasteiger partial charge in [0.1, 0.15) is 5.51 Å². The average Bonchev–Trinajstić information content (AvgIpc) is 3.07. The fraction of sp³-hybridized carbons (Fsp3) is 0.188. The molecule has 0 N–H and O–H groups in total. The minimum Gasteiger partial charge on any atom is -0.311 e. The second-order valence-electron chi connectivity index (χ2n) is 4.63. The smallest absolute Gasteiger partial charge is 0.237 e. The van der Waals surface area contributed by atoms with E-state index in [1.807, 2.05) is 36.1 Å². The molecule has 0 aliphatic heterocycles. The van der Waals surface area contributed by atoms with E-state index in [0.29, 0.717) is 12.3 Å². The van der Waals surface area contributed by atoms with Crippen molar-refractivity contribution in [1.82, 2.24) is 10.2 Å². The molecule has 0 spiro atoms. The van der Waals surface area contributed by atoms with Gasteiger partial charge in [0.05, 0.1) is 11.4 Å². The molecule has 6 heteroatoms. The molecule has 1 amide bonds. The van der Waals surface area contributed by atoms with Crippen LogP contribution in [0.1, 0.15) is 6.92 Å². The molecule has 3 rings (SSSR count). The van der Waals surface area contributed by atoms with Crippen LogP contribution in [-0.2, 0) is 4.79 Å². The predicted molar refractivity (Wildman–Crippen MR) is 92.6 cm³/mol. The summed E-state index contributed by atoms with van der Waals surface area (Å²) >= 11 is 2.89. The lowest BCUT2D eigenvalue weighted by atomic mass is 10.1. The largest absolute Gasteiger partial charge is 0.311 e. The molecule has 1 aromatic heterocycles. The minimum absolute atomic E-state index is 0.0825. The third-order valence-electron chi connectivity index (χ3n) is 3.33. The Morgan fingerprint density at radius 2 is 2.05 bits per heavy atom. The van der Waals surface area contributed by atoms with Gasteiger partial charge < -0.3 is 4.90 Å². The number of rotatable bonds is 5. The van der Waals surface area contributed by atoms with Gasteiger partial charge in [-0.05, 0) is 18.4 Å². The molecule has 112 valence electrons. The molecule has 3 aromatic rings. The third-order valence-corrected chi connectivity index (χ3v) is 5.18. The Morgan fingerprint density at radius 3 is 2.82 bits per heavy atom. The van der Waals surface area contributed by atoms with Crippen molar-refractivity contribution in [3.8, 4) is 0 Å². The highest BCUT2D eigenvalue weighted by atomic mass is 32.2. The van der Waals surface area contributed by atoms with Crippen LogP contribution < -0.4 is 4.90 Å². The van der Waals surface area contributed by atoms with E-state index >= 15 is 0 Å². The van der Waals surface area contributed by atoms with Crippen molar-refractivity contribution >= 4 is 45.5 Å². The van der Waals surface area contributed by atoms with Crippen LogP contribution in [0, 0.1) is 0 Å². The number of amides is 1. The Balaban J connectivity index is 1.84. The van der Waals surface area contributed by atoms with E-state index in [4.69, 9.17) is 0 Å². The SMILES string of the molecule is CCN(C(=O)CSc1nncs1)c1cccc2ccccc12. The van der Waals surface area contributed by atoms with Crippen molar-refractivity contribution < 1.29 is 4.79 Å². The molecule has 4 nitrogen and oxygen atoms in total. The lowest BCUT2D eigenvalue weighted by Crippen LogP contribution is -2.32. The van der Waals surface area contributed by atoms with Crippen LogP contribution in [0.4, 0.5) is 5.69 Å². The van der Waals surface area contributed by atoms with Gasteiger partial charge in [0.25, 0.3) is 0 Å². The van der Waals surface area contributed by atoms with E-state index in [-0.39, 0.29) is 5.91 Å². The van der Waals surface area contributed by atoms with Crippen LogP contribution in [0.25, 0.3) is 10.8 Å². The molecule has 0 unspecified atom stereocenters. The van der Waals surface area contributed by atoms with E-state index < -0.39 is 0 Å². The monoisotopic (exact) mass is 329 g/mol. The maximum atomic E-state index is 12.6. The standard InChI is InChI=1S/C16H15N3OS2/c1-2-19(15(20)10-21-16-18-17-11-22-16)14-9-5-7-12-6-3-4-8-13(12)14/h3-9,11H,2,10H2,1H3. The van der Waals surface area contributed by atoms with Crippen LogP contribution in [0.3, 0.4) is 0 Å². The van der Waals surface area contributed by atoms with E-state index in [0.717, 1.165) is 20.8 Å². The summed E-state index contributed by atoms with van der Waals surface area (Å²) in [5.74, 6) is 0.450. The molecule has 0 aliphatic rings. The highest BCUT2D eigenvalue weighted by Gasteiger charge is 2.16. The fourth-order valence-corrected chi connectivity index (χ4v) is 3.72. The molecule has 0 fully saturated rings. The second kappa shape index (κ2) is 6.89. The zero-order chi connectivity index (χ0) is 15.4. The molecule has 1 heterocycles. The molecule has 0 saturated heterocycles. The van der Waals surface area contributed by atoms with Crippen LogP contribution >= 0.6 is 23.1 Å². The fourth-order valence-electron chi connectivity index (χ4n) is 2.35. The minimum atomic E-state index is 0.0825. The van der Waals surface area contributed by atoms with Gasteiger partial charge in [-0.2, -0.15) is 0 Å². The molecular weight excluding hydrogens is 314 g/mol. The van der Waals surface area contributed by atoms with Gasteiger partial charge in [0, 0.05) is 11.9 Å². The van der Waals surface area contributed by atoms with Crippen molar-refractivity contribution in [2.24, 2.45) is 0 Å². The molecule has 0 radical (unpaired) electrons. The van der Waals surface area contributed by atoms with Crippen LogP contribution in [0.2, 0.25) is 0 Å². The molecule has 0 aliphatic carbocycles. The van der Waals surface area contributed by atoms with E-state index in [2.05, 4.69) is 28.4 Å². The number of thioether (sulfide) groups is 1. The van der Waals surface area contributed by atoms with Crippen LogP contribution in [-0.4, -0.2) is 28.4 Å². The maximum absolute atomic E-state index is 12.6. The summed E-state index contributed by atoms with van der Waals surface area (Å²) in [7, 11) is 0. The topological polar surface area (TPSA) is 46.1 Å². The third kappa shape index (κ3) is 3.13. The second-order valence-corrected chi connectivity index (χ2v) is 6.69. The first-order valence-corrected chi connectivity index (χ1v) is 8.83. The number of hydrogen-bond acceptors (Lipinski definition) is 5. The first kappa shape index (κ1) is 15.0. The van der Waals surface area contributed by atoms with Crippen molar-refractivity contribution in [1.29, 1.82) is 0 Å². The van der Waals surface area contributed by atoms with Crippen molar-refractivity contribution in [2.75, 3.05) is 17.2 Å². The number of carbonyl (C=O) groups is 1. The number of benzene rings is 2. The van der Waals surface area contributed by atoms with Gasteiger partial charge >= 0.3 is 0 Å². The molecular formula is C16H15N3OS2. The van der Waals surface area contributed by atoms with E-state index in [1.54, 1.807) is 5.51 Å². The first-order valence-electron chi connectivity index (χ1n) is 6.96. The Morgan fingerprint density at radius 1 is 1.23 bits per heavy atom. The zero-order valence-corrected chi connectivity index (χ0v) is 13.7. The van der Waals surface area contributed by atoms with E-state index in [9.17, 15) is 4.79 Å². The Bertz CT molecular complexity index is 769. The predicted octanol–water partition coefficient (Wildman–Crippen LogP) is 3.84. The average molecular weight is 329 g/mol. The molecule has 0 saturated carbocycles. The number of aromatic nitrogens is 2. The van der Waals surface area contributed by atoms with Gasteiger partial charge in [0.2, 0.25) is 5.91 Å². The van der Waals surface area contributed by atoms with Gasteiger partial charge in [-0.1, -0.05) is 59.5 Å². The van der Waals surface area contributed by atoms with Crippen molar-refractivity contribution in [3.63, 3.8) is 0 Å². The maximum Gasteiger partial charge on any atom is 0.237 e. The molecule has 0 atom stereocenters. The number of anilines is 1. The van der Waals surface area contributed by atoms with Gasteiger partial charge in [-0.25, -0.2) is 0 Å². The zero-order valence-electron chi connectivity index (χ0n) is 12.1. The Kier molecular flexibility index (Phi) is 4.70. The summed E-state index contributed by atoms with van der Waals surface area (Å²) in [5, 5.41) is 9.98. The number of hydrogen-bond donors (Lipinski definition) is 0. The number of nitrogens with zero attached hydrogens (tertiary/aromatic N) is 3. The highest BCUT2D eigenvalue weighted by Crippen LogP contribution is 2.28. The Labute approximate surface area is 137 Å². The normalized spacial score (nSPS) is 10.8. The van der Waals surface area contributed by atoms with Crippen LogP contribution in [0.5, 0.6) is 0 Å². The lowest BCUT2D eigenvalue weighted by molar-refractivity contribution is -0.116. The van der Waals surface area contributed by atoms with Crippen molar-refractivity contribution in [3.05, 3.63) is 48.0 Å². The van der Waals surface area contributed by atoms with Crippen LogP contribution in [0.15, 0.2) is 52.3 Å². The lowest BCUT2D eigenvalue weighted by Gasteiger charge is -2.22. The van der Waals surface area contributed by atoms with E-state index in [1.165, 1.54) is 23.1 Å². The quantitative estimate of drug-likeness (QED) is 0.667. The number of fused-ring (bicyclic) bond motifs is 1. The summed E-state index contributed by atoms with van der Waals surface area (Å²) in [6.45, 7) is 2.64. The van der Waals surface area contributed by atoms with Gasteiger partial charge in [-0.3, -0.25) is 4.79 Å². The van der Waals surface area contributed by atoms with Gasteiger partial charge in [-0.15, -0.1) is 10.2 Å². The van der Waals surface area contributed by atoms with Crippen molar-refractivity contribution in [2.45, 2.75) is 11.3 Å². The Hall–Kier alpha value is -1.92. The number of carbonyl (C=O) groups excluding carboxylic acids is 1. The summed E-state index contributed by atoms with van der Waals surface area (Å²) in [5.41, 5.74) is 2.64. The molecule has 0 bridgehead atoms. The molecule has 2 aromatic carbocycles.